The van der Waals surface area contributed by atoms with E-state index >= 15 is 0 Å². The lowest BCUT2D eigenvalue weighted by Crippen LogP contribution is -2.10. The minimum Gasteiger partial charge on any atom is -0.326 e. The van der Waals surface area contributed by atoms with Crippen molar-refractivity contribution in [2.24, 2.45) is 11.5 Å². The van der Waals surface area contributed by atoms with Gasteiger partial charge in [0.05, 0.1) is 11.4 Å². The molecular formula is C11H14N4. The third-order valence-corrected chi connectivity index (χ3v) is 2.37. The fourth-order valence-electron chi connectivity index (χ4n) is 1.59. The zero-order chi connectivity index (χ0) is 10.7. The fraction of sp³-hybridized carbons (Fsp3) is 0.182. The summed E-state index contributed by atoms with van der Waals surface area (Å²) in [6.45, 7) is 0.971. The fourth-order valence-corrected chi connectivity index (χ4v) is 1.59. The van der Waals surface area contributed by atoms with Crippen LogP contribution in [-0.4, -0.2) is 9.78 Å². The van der Waals surface area contributed by atoms with E-state index in [9.17, 15) is 0 Å². The number of benzene rings is 1. The summed E-state index contributed by atoms with van der Waals surface area (Å²) in [6.07, 6.45) is 1.75. The number of aromatic nitrogens is 2. The maximum Gasteiger partial charge on any atom is 0.0694 e. The van der Waals surface area contributed by atoms with Gasteiger partial charge in [-0.25, -0.2) is 4.68 Å². The highest BCUT2D eigenvalue weighted by Crippen LogP contribution is 2.14. The molecule has 0 spiro atoms. The third kappa shape index (κ3) is 1.77. The minimum atomic E-state index is 0.471. The zero-order valence-corrected chi connectivity index (χ0v) is 8.43. The molecule has 0 aliphatic heterocycles. The van der Waals surface area contributed by atoms with Gasteiger partial charge >= 0.3 is 0 Å². The van der Waals surface area contributed by atoms with Gasteiger partial charge in [-0.1, -0.05) is 18.2 Å². The Morgan fingerprint density at radius 1 is 1.07 bits per heavy atom. The summed E-state index contributed by atoms with van der Waals surface area (Å²) in [6, 6.07) is 9.84. The maximum absolute atomic E-state index is 5.68. The first-order chi connectivity index (χ1) is 7.36. The van der Waals surface area contributed by atoms with Gasteiger partial charge in [-0.2, -0.15) is 5.10 Å². The summed E-state index contributed by atoms with van der Waals surface area (Å²) in [5.74, 6) is 0. The molecule has 4 N–H and O–H groups in total. The van der Waals surface area contributed by atoms with Crippen molar-refractivity contribution in [1.29, 1.82) is 0 Å². The number of hydrogen-bond donors (Lipinski definition) is 2. The molecule has 1 aromatic carbocycles. The van der Waals surface area contributed by atoms with Gasteiger partial charge in [0.1, 0.15) is 0 Å². The van der Waals surface area contributed by atoms with E-state index in [-0.39, 0.29) is 0 Å². The van der Waals surface area contributed by atoms with Crippen LogP contribution in [0.3, 0.4) is 0 Å². The van der Waals surface area contributed by atoms with Crippen LogP contribution in [0.4, 0.5) is 0 Å². The van der Waals surface area contributed by atoms with Crippen LogP contribution in [0, 0.1) is 0 Å². The minimum absolute atomic E-state index is 0.471. The number of rotatable bonds is 3. The molecule has 0 saturated heterocycles. The van der Waals surface area contributed by atoms with Gasteiger partial charge in [0, 0.05) is 19.3 Å². The van der Waals surface area contributed by atoms with Gasteiger partial charge in [0.15, 0.2) is 0 Å². The molecule has 2 aromatic rings. The highest BCUT2D eigenvalue weighted by molar-refractivity contribution is 5.41. The molecular weight excluding hydrogens is 188 g/mol. The largest absolute Gasteiger partial charge is 0.326 e. The summed E-state index contributed by atoms with van der Waals surface area (Å²) < 4.78 is 1.84. The molecule has 0 radical (unpaired) electrons. The zero-order valence-electron chi connectivity index (χ0n) is 8.43. The Bertz CT molecular complexity index is 447. The van der Waals surface area contributed by atoms with Crippen LogP contribution >= 0.6 is 0 Å². The van der Waals surface area contributed by atoms with Gasteiger partial charge in [-0.05, 0) is 17.7 Å². The van der Waals surface area contributed by atoms with Crippen molar-refractivity contribution in [2.75, 3.05) is 0 Å². The Kier molecular flexibility index (Phi) is 2.80. The Labute approximate surface area is 88.5 Å². The normalized spacial score (nSPS) is 10.5. The molecule has 4 heteroatoms. The van der Waals surface area contributed by atoms with Crippen molar-refractivity contribution in [3.05, 3.63) is 47.8 Å². The molecule has 78 valence electrons. The van der Waals surface area contributed by atoms with Gasteiger partial charge in [0.2, 0.25) is 0 Å². The maximum atomic E-state index is 5.68. The van der Waals surface area contributed by atoms with Crippen LogP contribution in [-0.2, 0) is 13.1 Å². The monoisotopic (exact) mass is 202 g/mol. The molecule has 0 bridgehead atoms. The smallest absolute Gasteiger partial charge is 0.0694 e. The first kappa shape index (κ1) is 9.89. The summed E-state index contributed by atoms with van der Waals surface area (Å²) in [5.41, 5.74) is 14.4. The van der Waals surface area contributed by atoms with E-state index in [1.165, 1.54) is 0 Å². The SMILES string of the molecule is NCc1ccccc1-n1nccc1CN. The van der Waals surface area contributed by atoms with E-state index in [1.54, 1.807) is 6.20 Å². The lowest BCUT2D eigenvalue weighted by Gasteiger charge is -2.10. The lowest BCUT2D eigenvalue weighted by atomic mass is 10.2. The molecule has 0 fully saturated rings. The molecule has 2 rings (SSSR count). The van der Waals surface area contributed by atoms with E-state index < -0.39 is 0 Å². The average molecular weight is 202 g/mol. The molecule has 1 aromatic heterocycles. The molecule has 0 aliphatic carbocycles. The molecule has 0 unspecified atom stereocenters. The van der Waals surface area contributed by atoms with Crippen molar-refractivity contribution in [3.63, 3.8) is 0 Å². The Balaban J connectivity index is 2.53. The summed E-state index contributed by atoms with van der Waals surface area (Å²) in [4.78, 5) is 0. The molecule has 0 saturated carbocycles. The topological polar surface area (TPSA) is 69.9 Å². The number of nitrogens with zero attached hydrogens (tertiary/aromatic N) is 2. The van der Waals surface area contributed by atoms with E-state index in [4.69, 9.17) is 11.5 Å². The summed E-state index contributed by atoms with van der Waals surface area (Å²) in [5, 5.41) is 4.25. The lowest BCUT2D eigenvalue weighted by molar-refractivity contribution is 0.792. The second-order valence-electron chi connectivity index (χ2n) is 3.27. The first-order valence-electron chi connectivity index (χ1n) is 4.88. The number of nitrogens with two attached hydrogens (primary N) is 2. The first-order valence-corrected chi connectivity index (χ1v) is 4.88. The van der Waals surface area contributed by atoms with Crippen molar-refractivity contribution in [2.45, 2.75) is 13.1 Å². The Hall–Kier alpha value is -1.65. The van der Waals surface area contributed by atoms with E-state index in [1.807, 2.05) is 35.0 Å². The second kappa shape index (κ2) is 4.25. The Morgan fingerprint density at radius 3 is 2.60 bits per heavy atom. The molecule has 0 atom stereocenters. The standard InChI is InChI=1S/C11H14N4/c12-7-9-3-1-2-4-11(9)15-10(8-13)5-6-14-15/h1-6H,7-8,12-13H2. The Morgan fingerprint density at radius 2 is 1.87 bits per heavy atom. The number of para-hydroxylation sites is 1. The molecule has 0 aliphatic rings. The van der Waals surface area contributed by atoms with Crippen LogP contribution < -0.4 is 11.5 Å². The van der Waals surface area contributed by atoms with Gasteiger partial charge in [-0.15, -0.1) is 0 Å². The van der Waals surface area contributed by atoms with E-state index in [0.717, 1.165) is 16.9 Å². The second-order valence-corrected chi connectivity index (χ2v) is 3.27. The third-order valence-electron chi connectivity index (χ3n) is 2.37. The van der Waals surface area contributed by atoms with Gasteiger partial charge in [0.25, 0.3) is 0 Å². The average Bonchev–Trinajstić information content (AvgIpc) is 2.76. The van der Waals surface area contributed by atoms with E-state index in [2.05, 4.69) is 5.10 Å². The van der Waals surface area contributed by atoms with Crippen molar-refractivity contribution in [1.82, 2.24) is 9.78 Å². The van der Waals surface area contributed by atoms with Crippen LogP contribution in [0.25, 0.3) is 5.69 Å². The van der Waals surface area contributed by atoms with Crippen molar-refractivity contribution in [3.8, 4) is 5.69 Å². The predicted molar refractivity (Wildman–Crippen MR) is 59.3 cm³/mol. The van der Waals surface area contributed by atoms with Gasteiger partial charge in [-0.3, -0.25) is 0 Å². The highest BCUT2D eigenvalue weighted by Gasteiger charge is 2.06. The molecule has 0 amide bonds. The quantitative estimate of drug-likeness (QED) is 0.773. The van der Waals surface area contributed by atoms with Crippen molar-refractivity contribution < 1.29 is 0 Å². The van der Waals surface area contributed by atoms with Crippen LogP contribution in [0.5, 0.6) is 0 Å². The van der Waals surface area contributed by atoms with Crippen LogP contribution in [0.2, 0.25) is 0 Å². The molecule has 15 heavy (non-hydrogen) atoms. The summed E-state index contributed by atoms with van der Waals surface area (Å²) >= 11 is 0. The summed E-state index contributed by atoms with van der Waals surface area (Å²) in [7, 11) is 0. The molecule has 1 heterocycles. The highest BCUT2D eigenvalue weighted by atomic mass is 15.3. The number of hydrogen-bond acceptors (Lipinski definition) is 3. The van der Waals surface area contributed by atoms with Crippen molar-refractivity contribution >= 4 is 0 Å². The van der Waals surface area contributed by atoms with Crippen LogP contribution in [0.1, 0.15) is 11.3 Å². The predicted octanol–water partition coefficient (Wildman–Crippen LogP) is 0.790. The van der Waals surface area contributed by atoms with Gasteiger partial charge < -0.3 is 11.5 Å². The molecule has 4 nitrogen and oxygen atoms in total. The van der Waals surface area contributed by atoms with Crippen LogP contribution in [0.15, 0.2) is 36.5 Å². The van der Waals surface area contributed by atoms with E-state index in [0.29, 0.717) is 13.1 Å².